The van der Waals surface area contributed by atoms with Crippen LogP contribution in [0.25, 0.3) is 0 Å². The molecule has 0 saturated heterocycles. The molecule has 0 heterocycles. The Hall–Kier alpha value is 1.19. The first-order valence-electron chi connectivity index (χ1n) is 2.93. The van der Waals surface area contributed by atoms with Crippen LogP contribution in [0.4, 0.5) is 0 Å². The number of carbonyl (C=O) groups excluding carboxylic acids is 1. The van der Waals surface area contributed by atoms with Crippen LogP contribution in [-0.2, 0) is 4.84 Å². The maximum Gasteiger partial charge on any atom is 2.00 e. The van der Waals surface area contributed by atoms with E-state index in [1.807, 2.05) is 5.34 Å². The molecule has 0 saturated carbocycles. The second-order valence-corrected chi connectivity index (χ2v) is 1.82. The molecular formula is C7H8CaKNO3. The van der Waals surface area contributed by atoms with Gasteiger partial charge in [0.1, 0.15) is 0 Å². The molecular weight excluding hydrogens is 225 g/mol. The standard InChI is InChI=1S/C7H5NO3.Ca.K.3H/c9-7(11-8-10)6-4-2-1-3-5-6;;;;;/h1-5H;;;;;/q;+2;+1;3*-1. The van der Waals surface area contributed by atoms with Gasteiger partial charge in [0.2, 0.25) is 0 Å². The molecule has 0 spiro atoms. The van der Waals surface area contributed by atoms with Gasteiger partial charge in [0.15, 0.2) is 5.34 Å². The van der Waals surface area contributed by atoms with Crippen molar-refractivity contribution in [2.45, 2.75) is 0 Å². The summed E-state index contributed by atoms with van der Waals surface area (Å²) in [5.41, 5.74) is 0.312. The number of rotatable bonds is 2. The van der Waals surface area contributed by atoms with Crippen LogP contribution in [0, 0.1) is 4.91 Å². The Morgan fingerprint density at radius 2 is 1.85 bits per heavy atom. The Morgan fingerprint density at radius 3 is 2.31 bits per heavy atom. The molecule has 0 bridgehead atoms. The average Bonchev–Trinajstić information content (AvgIpc) is 2.07. The molecule has 0 aliphatic rings. The zero-order valence-electron chi connectivity index (χ0n) is 10.3. The Kier molecular flexibility index (Phi) is 12.4. The minimum atomic E-state index is -0.736. The van der Waals surface area contributed by atoms with Gasteiger partial charge in [-0.15, -0.1) is 4.91 Å². The number of nitrogens with zero attached hydrogens (tertiary/aromatic N) is 1. The molecule has 1 aromatic rings. The number of carbonyl (C=O) groups is 1. The van der Waals surface area contributed by atoms with E-state index in [-0.39, 0.29) is 93.4 Å². The van der Waals surface area contributed by atoms with Crippen LogP contribution in [0.2, 0.25) is 0 Å². The smallest absolute Gasteiger partial charge is 1.00 e. The molecule has 6 heteroatoms. The van der Waals surface area contributed by atoms with Gasteiger partial charge >= 0.3 is 95.1 Å². The second-order valence-electron chi connectivity index (χ2n) is 1.82. The van der Waals surface area contributed by atoms with Crippen molar-refractivity contribution in [3.63, 3.8) is 0 Å². The normalized spacial score (nSPS) is 7.38. The predicted molar refractivity (Wildman–Crippen MR) is 46.7 cm³/mol. The van der Waals surface area contributed by atoms with Gasteiger partial charge < -0.3 is 4.28 Å². The average molecular weight is 233 g/mol. The van der Waals surface area contributed by atoms with E-state index in [0.717, 1.165) is 0 Å². The summed E-state index contributed by atoms with van der Waals surface area (Å²) in [5.74, 6) is -0.736. The second kappa shape index (κ2) is 9.73. The maximum atomic E-state index is 10.7. The zero-order valence-corrected chi connectivity index (χ0v) is 12.6. The molecule has 0 atom stereocenters. The Bertz CT molecular complexity index is 279. The molecule has 4 nitrogen and oxygen atoms in total. The van der Waals surface area contributed by atoms with E-state index in [0.29, 0.717) is 5.56 Å². The summed E-state index contributed by atoms with van der Waals surface area (Å²) < 4.78 is 0. The first kappa shape index (κ1) is 16.6. The molecule has 0 aliphatic carbocycles. The van der Waals surface area contributed by atoms with Gasteiger partial charge in [-0.1, -0.05) is 18.2 Å². The Labute approximate surface area is 152 Å². The van der Waals surface area contributed by atoms with E-state index < -0.39 is 5.97 Å². The van der Waals surface area contributed by atoms with Gasteiger partial charge in [0, 0.05) is 0 Å². The topological polar surface area (TPSA) is 55.7 Å². The minimum Gasteiger partial charge on any atom is -1.00 e. The van der Waals surface area contributed by atoms with Crippen molar-refractivity contribution in [1.29, 1.82) is 0 Å². The van der Waals surface area contributed by atoms with Gasteiger partial charge in [-0.25, -0.2) is 4.79 Å². The van der Waals surface area contributed by atoms with Crippen molar-refractivity contribution in [3.05, 3.63) is 40.8 Å². The SMILES string of the molecule is O=NOC(=O)c1ccccc1.[Ca+2].[H-].[H-].[H-].[K+]. The molecule has 1 rings (SSSR count). The Morgan fingerprint density at radius 1 is 1.31 bits per heavy atom. The third kappa shape index (κ3) is 6.30. The largest absolute Gasteiger partial charge is 2.00 e. The number of benzene rings is 1. The van der Waals surface area contributed by atoms with Gasteiger partial charge in [-0.2, -0.15) is 0 Å². The van der Waals surface area contributed by atoms with Crippen LogP contribution >= 0.6 is 0 Å². The summed E-state index contributed by atoms with van der Waals surface area (Å²) in [7, 11) is 0. The predicted octanol–water partition coefficient (Wildman–Crippen LogP) is -1.51. The van der Waals surface area contributed by atoms with E-state index in [1.54, 1.807) is 18.2 Å². The van der Waals surface area contributed by atoms with Crippen molar-refractivity contribution < 1.29 is 65.3 Å². The summed E-state index contributed by atoms with van der Waals surface area (Å²) >= 11 is 0. The first-order chi connectivity index (χ1) is 5.34. The molecule has 0 radical (unpaired) electrons. The van der Waals surface area contributed by atoms with Crippen molar-refractivity contribution >= 4 is 43.7 Å². The molecule has 0 fully saturated rings. The van der Waals surface area contributed by atoms with Crippen LogP contribution in [-0.4, -0.2) is 43.7 Å². The fraction of sp³-hybridized carbons (Fsp3) is 0. The summed E-state index contributed by atoms with van der Waals surface area (Å²) in [5, 5.41) is 2.01. The molecule has 1 aromatic carbocycles. The van der Waals surface area contributed by atoms with Crippen molar-refractivity contribution in [1.82, 2.24) is 0 Å². The van der Waals surface area contributed by atoms with Crippen LogP contribution < -0.4 is 51.4 Å². The molecule has 62 valence electrons. The van der Waals surface area contributed by atoms with E-state index in [4.69, 9.17) is 0 Å². The summed E-state index contributed by atoms with van der Waals surface area (Å²) in [4.78, 5) is 24.1. The maximum absolute atomic E-state index is 10.7. The Balaban J connectivity index is -0.0000000807. The molecule has 0 unspecified atom stereocenters. The third-order valence-electron chi connectivity index (χ3n) is 1.13. The summed E-state index contributed by atoms with van der Waals surface area (Å²) in [6, 6.07) is 8.16. The van der Waals surface area contributed by atoms with Gasteiger partial charge in [0.05, 0.1) is 5.56 Å². The van der Waals surface area contributed by atoms with E-state index in [9.17, 15) is 9.70 Å². The third-order valence-corrected chi connectivity index (χ3v) is 1.13. The minimum absolute atomic E-state index is 0. The van der Waals surface area contributed by atoms with Crippen LogP contribution in [0.5, 0.6) is 0 Å². The van der Waals surface area contributed by atoms with Crippen molar-refractivity contribution in [3.8, 4) is 0 Å². The molecule has 0 amide bonds. The zero-order chi connectivity index (χ0) is 8.10. The van der Waals surface area contributed by atoms with Gasteiger partial charge in [-0.3, -0.25) is 4.84 Å². The monoisotopic (exact) mass is 233 g/mol. The molecule has 0 N–H and O–H groups in total. The molecule has 0 aromatic heterocycles. The number of hydrogen-bond donors (Lipinski definition) is 0. The van der Waals surface area contributed by atoms with E-state index in [2.05, 4.69) is 4.84 Å². The quantitative estimate of drug-likeness (QED) is 0.354. The first-order valence-corrected chi connectivity index (χ1v) is 2.93. The summed E-state index contributed by atoms with van der Waals surface area (Å²) in [6.07, 6.45) is 0. The molecule has 13 heavy (non-hydrogen) atoms. The fourth-order valence-corrected chi connectivity index (χ4v) is 0.661. The van der Waals surface area contributed by atoms with Crippen molar-refractivity contribution in [2.75, 3.05) is 0 Å². The van der Waals surface area contributed by atoms with Crippen LogP contribution in [0.3, 0.4) is 0 Å². The number of hydrogen-bond acceptors (Lipinski definition) is 4. The molecule has 0 aliphatic heterocycles. The van der Waals surface area contributed by atoms with Gasteiger partial charge in [-0.05, 0) is 12.1 Å². The van der Waals surface area contributed by atoms with Crippen LogP contribution in [0.15, 0.2) is 35.7 Å². The van der Waals surface area contributed by atoms with E-state index >= 15 is 0 Å². The van der Waals surface area contributed by atoms with Gasteiger partial charge in [0.25, 0.3) is 0 Å². The summed E-state index contributed by atoms with van der Waals surface area (Å²) in [6.45, 7) is 0. The fourth-order valence-electron chi connectivity index (χ4n) is 0.661. The van der Waals surface area contributed by atoms with Crippen molar-refractivity contribution in [2.24, 2.45) is 5.34 Å². The van der Waals surface area contributed by atoms with E-state index in [1.165, 1.54) is 12.1 Å². The van der Waals surface area contributed by atoms with Crippen LogP contribution in [0.1, 0.15) is 14.6 Å².